The fraction of sp³-hybridized carbons (Fsp3) is 0.300. The van der Waals surface area contributed by atoms with Gasteiger partial charge in [-0.1, -0.05) is 81.1 Å². The van der Waals surface area contributed by atoms with E-state index >= 15 is 0 Å². The molecule has 4 fully saturated rings. The number of fused-ring (bicyclic) bond motifs is 4. The maximum Gasteiger partial charge on any atom is 0.338 e. The summed E-state index contributed by atoms with van der Waals surface area (Å²) in [6.45, 7) is 9.21. The molecule has 44 heteroatoms. The summed E-state index contributed by atoms with van der Waals surface area (Å²) in [4.78, 5) is 120. The van der Waals surface area contributed by atoms with Crippen molar-refractivity contribution in [3.8, 4) is 0 Å². The number of amides is 2. The number of benzene rings is 4. The van der Waals surface area contributed by atoms with E-state index in [-0.39, 0.29) is 95.4 Å². The second-order valence-corrected chi connectivity index (χ2v) is 33.4. The maximum atomic E-state index is 13.8. The number of aromatic nitrogens is 12. The molecule has 18 rings (SSSR count). The second-order valence-electron chi connectivity index (χ2n) is 28.1. The zero-order valence-corrected chi connectivity index (χ0v) is 71.9. The number of halogens is 8. The van der Waals surface area contributed by atoms with Gasteiger partial charge in [-0.05, 0) is 76.2 Å². The van der Waals surface area contributed by atoms with Crippen molar-refractivity contribution >= 4 is 151 Å². The predicted molar refractivity (Wildman–Crippen MR) is 450 cm³/mol. The van der Waals surface area contributed by atoms with Crippen molar-refractivity contribution in [1.29, 1.82) is 0 Å². The summed E-state index contributed by atoms with van der Waals surface area (Å²) in [5, 5.41) is 39.4. The number of aromatic amines is 2. The van der Waals surface area contributed by atoms with E-state index in [1.54, 1.807) is 74.4 Å². The van der Waals surface area contributed by atoms with Crippen molar-refractivity contribution in [3.05, 3.63) is 261 Å². The molecule has 0 radical (unpaired) electrons. The molecule has 6 N–H and O–H groups in total. The van der Waals surface area contributed by atoms with Crippen molar-refractivity contribution < 1.29 is 65.3 Å². The molecule has 0 bridgehead atoms. The van der Waals surface area contributed by atoms with E-state index in [2.05, 4.69) is 61.2 Å². The minimum Gasteiger partial charge on any atom is -0.463 e. The third-order valence-corrected chi connectivity index (χ3v) is 25.2. The number of carbonyl (C=O) groups is 6. The first-order valence-corrected chi connectivity index (χ1v) is 43.4. The van der Waals surface area contributed by atoms with Crippen LogP contribution in [-0.2, 0) is 47.7 Å². The number of aliphatic imine (C=N–C) groups is 4. The standard InChI is InChI=1S/2C20H17ClFN7O2S.2C20H18ClFN4O3S/c2*1-2-31-20(30)15-14-7-10(17-25-27-28-26-17)9-29(14)18(19-23-5-6-32-19)24-16(15)12-4-3-11(22)8-13(12)21;2*1-2-29-20(28)15-14-7-10(17(23)27)9-26(14)18(19-24-5-6-30-19)25-16(15)12-4-3-11(22)8-13(12)21/h2*3-6,8,10,16H,2,7,9H2,1H3,(H,25,26,27,28);2*3-6,8,10,16H,2,7,9H2,1H3,(H2,23,27)/t10-,16+;10-,16-;10-,16+;10-,16-/m1010/s1. The maximum absolute atomic E-state index is 13.8. The highest BCUT2D eigenvalue weighted by atomic mass is 35.5. The fourth-order valence-corrected chi connectivity index (χ4v) is 19.1. The van der Waals surface area contributed by atoms with E-state index < -0.39 is 95.0 Å². The minimum atomic E-state index is -0.825. The first kappa shape index (κ1) is 87.0. The van der Waals surface area contributed by atoms with Gasteiger partial charge in [-0.2, -0.15) is 10.4 Å². The lowest BCUT2D eigenvalue weighted by Gasteiger charge is -2.31. The lowest BCUT2D eigenvalue weighted by molar-refractivity contribution is -0.140. The zero-order chi connectivity index (χ0) is 87.3. The number of carbonyl (C=O) groups excluding carboxylic acids is 6. The summed E-state index contributed by atoms with van der Waals surface area (Å²) in [5.41, 5.74) is 17.0. The van der Waals surface area contributed by atoms with Crippen LogP contribution in [-0.4, -0.2) is 192 Å². The van der Waals surface area contributed by atoms with E-state index in [1.807, 2.05) is 31.3 Å². The van der Waals surface area contributed by atoms with Crippen LogP contribution in [0.25, 0.3) is 0 Å². The Morgan fingerprint density at radius 2 is 0.661 bits per heavy atom. The van der Waals surface area contributed by atoms with Gasteiger partial charge in [0.1, 0.15) is 47.4 Å². The van der Waals surface area contributed by atoms with Gasteiger partial charge in [0.05, 0.1) is 60.6 Å². The van der Waals surface area contributed by atoms with Crippen molar-refractivity contribution in [3.63, 3.8) is 0 Å². The highest BCUT2D eigenvalue weighted by Crippen LogP contribution is 2.51. The number of hydrogen-bond acceptors (Lipinski definition) is 32. The zero-order valence-electron chi connectivity index (χ0n) is 65.6. The normalized spacial score (nSPS) is 20.5. The van der Waals surface area contributed by atoms with Crippen LogP contribution in [0.4, 0.5) is 17.6 Å². The van der Waals surface area contributed by atoms with Gasteiger partial charge < -0.3 is 50.0 Å². The quantitative estimate of drug-likeness (QED) is 0.0313. The molecule has 8 aliphatic heterocycles. The van der Waals surface area contributed by atoms with Gasteiger partial charge in [-0.15, -0.1) is 65.7 Å². The van der Waals surface area contributed by atoms with Crippen LogP contribution in [0.15, 0.2) is 184 Å². The van der Waals surface area contributed by atoms with Gasteiger partial charge >= 0.3 is 23.9 Å². The largest absolute Gasteiger partial charge is 0.463 e. The molecule has 2 amide bonds. The van der Waals surface area contributed by atoms with E-state index in [4.69, 9.17) is 96.8 Å². The van der Waals surface area contributed by atoms with Gasteiger partial charge in [-0.3, -0.25) is 29.6 Å². The van der Waals surface area contributed by atoms with Gasteiger partial charge in [-0.25, -0.2) is 56.7 Å². The van der Waals surface area contributed by atoms with Gasteiger partial charge in [0.25, 0.3) is 0 Å². The van der Waals surface area contributed by atoms with Crippen LogP contribution in [0.2, 0.25) is 20.1 Å². The fourth-order valence-electron chi connectivity index (χ4n) is 15.5. The molecule has 8 atom stereocenters. The molecule has 640 valence electrons. The Hall–Kier alpha value is -11.9. The van der Waals surface area contributed by atoms with Crippen LogP contribution >= 0.6 is 91.8 Å². The Morgan fingerprint density at radius 1 is 0.403 bits per heavy atom. The number of hydrogen-bond donors (Lipinski definition) is 4. The highest BCUT2D eigenvalue weighted by molar-refractivity contribution is 7.12. The van der Waals surface area contributed by atoms with Crippen LogP contribution in [0.1, 0.15) is 143 Å². The van der Waals surface area contributed by atoms with Crippen molar-refractivity contribution in [2.45, 2.75) is 89.4 Å². The van der Waals surface area contributed by atoms with Gasteiger partial charge in [0, 0.05) is 175 Å². The Balaban J connectivity index is 0.000000128. The molecular weight excluding hydrogens is 1780 g/mol. The van der Waals surface area contributed by atoms with Crippen molar-refractivity contribution in [2.24, 2.45) is 43.3 Å². The molecule has 0 aliphatic carbocycles. The third kappa shape index (κ3) is 18.0. The number of H-pyrrole nitrogens is 2. The van der Waals surface area contributed by atoms with E-state index in [0.29, 0.717) is 126 Å². The molecule has 124 heavy (non-hydrogen) atoms. The number of rotatable bonds is 20. The van der Waals surface area contributed by atoms with E-state index in [9.17, 15) is 46.3 Å². The lowest BCUT2D eigenvalue weighted by Crippen LogP contribution is -2.36. The first-order chi connectivity index (χ1) is 59.9. The Labute approximate surface area is 738 Å². The average molecular weight is 1850 g/mol. The molecule has 14 heterocycles. The molecule has 4 aromatic carbocycles. The molecule has 10 aromatic rings. The first-order valence-electron chi connectivity index (χ1n) is 38.4. The number of nitrogens with zero attached hydrogens (tertiary/aromatic N) is 18. The molecular formula is C80H70Cl4F4N22O10S4. The topological polar surface area (TPSA) is 414 Å². The monoisotopic (exact) mass is 1840 g/mol. The molecule has 32 nitrogen and oxygen atoms in total. The minimum absolute atomic E-state index is 0.110. The Kier molecular flexibility index (Phi) is 26.7. The summed E-state index contributed by atoms with van der Waals surface area (Å²) in [7, 11) is 0. The number of ether oxygens (including phenoxy) is 4. The number of nitrogens with two attached hydrogens (primary N) is 2. The number of thiazole rings is 4. The summed E-state index contributed by atoms with van der Waals surface area (Å²) < 4.78 is 76.2. The average Bonchev–Trinajstić information content (AvgIpc) is 1.58. The highest BCUT2D eigenvalue weighted by Gasteiger charge is 2.49. The molecule has 6 aromatic heterocycles. The van der Waals surface area contributed by atoms with E-state index in [0.717, 1.165) is 11.4 Å². The van der Waals surface area contributed by atoms with Crippen LogP contribution in [0.5, 0.6) is 0 Å². The molecule has 8 aliphatic rings. The Morgan fingerprint density at radius 3 is 0.879 bits per heavy atom. The van der Waals surface area contributed by atoms with Crippen LogP contribution in [0.3, 0.4) is 0 Å². The Bertz CT molecular complexity index is 5640. The molecule has 4 saturated heterocycles. The smallest absolute Gasteiger partial charge is 0.338 e. The van der Waals surface area contributed by atoms with Crippen molar-refractivity contribution in [1.82, 2.24) is 80.8 Å². The molecule has 0 spiro atoms. The van der Waals surface area contributed by atoms with Crippen LogP contribution < -0.4 is 11.5 Å². The van der Waals surface area contributed by atoms with Crippen LogP contribution in [0, 0.1) is 35.1 Å². The molecule has 0 unspecified atom stereocenters. The van der Waals surface area contributed by atoms with Gasteiger partial charge in [0.2, 0.25) is 11.8 Å². The summed E-state index contributed by atoms with van der Waals surface area (Å²) in [6.07, 6.45) is 8.18. The summed E-state index contributed by atoms with van der Waals surface area (Å²) >= 11 is 31.1. The molecule has 0 saturated carbocycles. The summed E-state index contributed by atoms with van der Waals surface area (Å²) in [5.74, 6) is -2.81. The van der Waals surface area contributed by atoms with Gasteiger partial charge in [0.15, 0.2) is 55.0 Å². The van der Waals surface area contributed by atoms with E-state index in [1.165, 1.54) is 106 Å². The number of tetrazole rings is 2. The number of nitrogens with one attached hydrogen (secondary N) is 2. The third-order valence-electron chi connectivity index (χ3n) is 20.8. The summed E-state index contributed by atoms with van der Waals surface area (Å²) in [6, 6.07) is 12.8. The predicted octanol–water partition coefficient (Wildman–Crippen LogP) is 12.6. The lowest BCUT2D eigenvalue weighted by atomic mass is 9.93. The SMILES string of the molecule is CCOC(=O)C1=C2C[C@@H](C(N)=O)CN2C(c2nccs2)=N[C@H]1c1ccc(F)cc1Cl.CCOC(=O)C1=C2C[C@@H](c3nn[nH]n3)CN2C(c2nccs2)=N[C@H]1c1ccc(F)cc1Cl.CCOC(=O)C1=C2C[C@H](C(N)=O)CN2C(c2nccs2)=N[C@H]1c1ccc(F)cc1Cl.CCOC(=O)C1=C2C[C@H](c3nn[nH]n3)CN2C(c2nccs2)=N[C@H]1c1ccc(F)cc1Cl. The van der Waals surface area contributed by atoms with Crippen molar-refractivity contribution in [2.75, 3.05) is 52.6 Å². The number of esters is 4. The number of allylic oxidation sites excluding steroid dienone is 4. The number of amidine groups is 4. The second kappa shape index (κ2) is 38.1. The number of primary amides is 2.